The average molecular weight is 233 g/mol. The number of halogens is 1. The lowest BCUT2D eigenvalue weighted by atomic mass is 9.98. The number of likely N-dealkylation sites (N-methyl/N-ethyl adjacent to an activating group) is 1. The van der Waals surface area contributed by atoms with E-state index in [0.29, 0.717) is 6.54 Å². The van der Waals surface area contributed by atoms with Crippen molar-refractivity contribution in [2.75, 3.05) is 20.1 Å². The quantitative estimate of drug-likeness (QED) is 0.788. The molecule has 1 aliphatic heterocycles. The number of nitrogens with zero attached hydrogens (tertiary/aromatic N) is 1. The van der Waals surface area contributed by atoms with E-state index in [1.807, 2.05) is 6.07 Å². The molecule has 0 fully saturated rings. The molecule has 1 aromatic heterocycles. The number of aromatic nitrogens is 1. The van der Waals surface area contributed by atoms with Gasteiger partial charge in [0.15, 0.2) is 0 Å². The largest absolute Gasteiger partial charge is 0.357 e. The van der Waals surface area contributed by atoms with Gasteiger partial charge in [0.1, 0.15) is 5.82 Å². The Morgan fingerprint density at radius 3 is 3.12 bits per heavy atom. The van der Waals surface area contributed by atoms with Gasteiger partial charge in [0.2, 0.25) is 0 Å². The van der Waals surface area contributed by atoms with Crippen LogP contribution in [0.25, 0.3) is 10.9 Å². The van der Waals surface area contributed by atoms with E-state index in [1.54, 1.807) is 6.07 Å². The molecule has 0 radical (unpaired) electrons. The molecule has 17 heavy (non-hydrogen) atoms. The fourth-order valence-corrected chi connectivity index (χ4v) is 2.76. The lowest BCUT2D eigenvalue weighted by molar-refractivity contribution is 0.233. The van der Waals surface area contributed by atoms with Gasteiger partial charge >= 0.3 is 0 Å². The van der Waals surface area contributed by atoms with Gasteiger partial charge in [-0.15, -0.1) is 0 Å². The van der Waals surface area contributed by atoms with Gasteiger partial charge in [-0.25, -0.2) is 4.39 Å². The molecule has 3 rings (SSSR count). The Morgan fingerprint density at radius 1 is 1.53 bits per heavy atom. The topological polar surface area (TPSA) is 45.0 Å². The fraction of sp³-hybridized carbons (Fsp3) is 0.385. The minimum atomic E-state index is -0.200. The van der Waals surface area contributed by atoms with Crippen molar-refractivity contribution in [2.24, 2.45) is 5.73 Å². The van der Waals surface area contributed by atoms with Gasteiger partial charge in [-0.1, -0.05) is 0 Å². The first kappa shape index (κ1) is 10.7. The number of hydrogen-bond acceptors (Lipinski definition) is 2. The SMILES string of the molecule is CN1CCc2c([nH]c3cc(F)ccc23)C1CN. The Bertz CT molecular complexity index is 561. The van der Waals surface area contributed by atoms with Gasteiger partial charge in [0.05, 0.1) is 6.04 Å². The predicted molar refractivity (Wildman–Crippen MR) is 66.4 cm³/mol. The molecule has 1 aromatic carbocycles. The molecule has 1 atom stereocenters. The summed E-state index contributed by atoms with van der Waals surface area (Å²) in [6, 6.07) is 5.15. The van der Waals surface area contributed by atoms with Crippen LogP contribution in [-0.4, -0.2) is 30.0 Å². The van der Waals surface area contributed by atoms with E-state index in [1.165, 1.54) is 11.6 Å². The van der Waals surface area contributed by atoms with Crippen molar-refractivity contribution in [3.8, 4) is 0 Å². The summed E-state index contributed by atoms with van der Waals surface area (Å²) in [5, 5.41) is 1.13. The van der Waals surface area contributed by atoms with E-state index < -0.39 is 0 Å². The summed E-state index contributed by atoms with van der Waals surface area (Å²) in [6.45, 7) is 1.58. The maximum absolute atomic E-state index is 13.2. The van der Waals surface area contributed by atoms with Gasteiger partial charge < -0.3 is 10.7 Å². The number of H-pyrrole nitrogens is 1. The van der Waals surface area contributed by atoms with Crippen molar-refractivity contribution in [2.45, 2.75) is 12.5 Å². The monoisotopic (exact) mass is 233 g/mol. The first-order valence-electron chi connectivity index (χ1n) is 5.91. The van der Waals surface area contributed by atoms with Crippen LogP contribution in [0.2, 0.25) is 0 Å². The average Bonchev–Trinajstić information content (AvgIpc) is 2.66. The Balaban J connectivity index is 2.22. The van der Waals surface area contributed by atoms with Crippen LogP contribution in [0.4, 0.5) is 4.39 Å². The molecule has 2 heterocycles. The number of benzene rings is 1. The second-order valence-corrected chi connectivity index (χ2v) is 4.69. The second-order valence-electron chi connectivity index (χ2n) is 4.69. The van der Waals surface area contributed by atoms with Crippen LogP contribution in [0.15, 0.2) is 18.2 Å². The fourth-order valence-electron chi connectivity index (χ4n) is 2.76. The van der Waals surface area contributed by atoms with Crippen LogP contribution >= 0.6 is 0 Å². The number of aromatic amines is 1. The molecule has 90 valence electrons. The highest BCUT2D eigenvalue weighted by molar-refractivity contribution is 5.85. The molecule has 0 aliphatic carbocycles. The van der Waals surface area contributed by atoms with Crippen molar-refractivity contribution in [3.05, 3.63) is 35.3 Å². The summed E-state index contributed by atoms with van der Waals surface area (Å²) in [5.74, 6) is -0.200. The number of hydrogen-bond donors (Lipinski definition) is 2. The minimum Gasteiger partial charge on any atom is -0.357 e. The van der Waals surface area contributed by atoms with E-state index in [9.17, 15) is 4.39 Å². The predicted octanol–water partition coefficient (Wildman–Crippen LogP) is 1.79. The molecular formula is C13H16FN3. The molecular weight excluding hydrogens is 217 g/mol. The zero-order chi connectivity index (χ0) is 12.0. The Hall–Kier alpha value is -1.39. The highest BCUT2D eigenvalue weighted by atomic mass is 19.1. The van der Waals surface area contributed by atoms with Gasteiger partial charge in [0, 0.05) is 29.7 Å². The minimum absolute atomic E-state index is 0.200. The molecule has 1 aliphatic rings. The van der Waals surface area contributed by atoms with E-state index in [-0.39, 0.29) is 11.9 Å². The Morgan fingerprint density at radius 2 is 2.35 bits per heavy atom. The maximum Gasteiger partial charge on any atom is 0.125 e. The Kier molecular flexibility index (Phi) is 2.42. The van der Waals surface area contributed by atoms with Gasteiger partial charge in [-0.2, -0.15) is 0 Å². The molecule has 0 amide bonds. The van der Waals surface area contributed by atoms with Crippen molar-refractivity contribution >= 4 is 10.9 Å². The summed E-state index contributed by atoms with van der Waals surface area (Å²) in [5.41, 5.74) is 9.16. The summed E-state index contributed by atoms with van der Waals surface area (Å²) in [7, 11) is 2.08. The number of rotatable bonds is 1. The Labute approximate surface area is 99.4 Å². The lowest BCUT2D eigenvalue weighted by Crippen LogP contribution is -2.36. The molecule has 3 N–H and O–H groups in total. The molecule has 1 unspecified atom stereocenters. The van der Waals surface area contributed by atoms with Crippen molar-refractivity contribution in [3.63, 3.8) is 0 Å². The third-order valence-corrected chi connectivity index (χ3v) is 3.70. The summed E-state index contributed by atoms with van der Waals surface area (Å²) < 4.78 is 13.2. The van der Waals surface area contributed by atoms with Crippen molar-refractivity contribution < 1.29 is 4.39 Å². The normalized spacial score (nSPS) is 20.8. The first-order chi connectivity index (χ1) is 8.20. The van der Waals surface area contributed by atoms with Gasteiger partial charge in [-0.3, -0.25) is 4.90 Å². The van der Waals surface area contributed by atoms with Crippen LogP contribution < -0.4 is 5.73 Å². The number of nitrogens with one attached hydrogen (secondary N) is 1. The smallest absolute Gasteiger partial charge is 0.125 e. The standard InChI is InChI=1S/C13H16FN3/c1-17-5-4-10-9-3-2-8(14)6-11(9)16-13(10)12(17)7-15/h2-3,6,12,16H,4-5,7,15H2,1H3. The van der Waals surface area contributed by atoms with Crippen LogP contribution in [0.3, 0.4) is 0 Å². The highest BCUT2D eigenvalue weighted by Gasteiger charge is 2.26. The van der Waals surface area contributed by atoms with E-state index in [2.05, 4.69) is 16.9 Å². The van der Waals surface area contributed by atoms with Gasteiger partial charge in [0.25, 0.3) is 0 Å². The first-order valence-corrected chi connectivity index (χ1v) is 5.91. The van der Waals surface area contributed by atoms with E-state index >= 15 is 0 Å². The number of fused-ring (bicyclic) bond motifs is 3. The number of nitrogens with two attached hydrogens (primary N) is 1. The lowest BCUT2D eigenvalue weighted by Gasteiger charge is -2.31. The third kappa shape index (κ3) is 1.56. The van der Waals surface area contributed by atoms with Gasteiger partial charge in [-0.05, 0) is 37.2 Å². The zero-order valence-corrected chi connectivity index (χ0v) is 9.83. The van der Waals surface area contributed by atoms with Crippen LogP contribution in [0, 0.1) is 5.82 Å². The second kappa shape index (κ2) is 3.82. The van der Waals surface area contributed by atoms with Crippen molar-refractivity contribution in [1.82, 2.24) is 9.88 Å². The molecule has 3 nitrogen and oxygen atoms in total. The molecule has 2 aromatic rings. The summed E-state index contributed by atoms with van der Waals surface area (Å²) in [4.78, 5) is 5.57. The third-order valence-electron chi connectivity index (χ3n) is 3.70. The zero-order valence-electron chi connectivity index (χ0n) is 9.83. The molecule has 0 bridgehead atoms. The van der Waals surface area contributed by atoms with Crippen LogP contribution in [-0.2, 0) is 6.42 Å². The molecule has 0 spiro atoms. The molecule has 0 saturated carbocycles. The van der Waals surface area contributed by atoms with Crippen molar-refractivity contribution in [1.29, 1.82) is 0 Å². The highest BCUT2D eigenvalue weighted by Crippen LogP contribution is 2.33. The summed E-state index contributed by atoms with van der Waals surface area (Å²) >= 11 is 0. The summed E-state index contributed by atoms with van der Waals surface area (Å²) in [6.07, 6.45) is 0.994. The maximum atomic E-state index is 13.2. The van der Waals surface area contributed by atoms with E-state index in [0.717, 1.165) is 29.6 Å². The van der Waals surface area contributed by atoms with E-state index in [4.69, 9.17) is 5.73 Å². The van der Waals surface area contributed by atoms with Crippen LogP contribution in [0.5, 0.6) is 0 Å². The van der Waals surface area contributed by atoms with Crippen LogP contribution in [0.1, 0.15) is 17.3 Å². The molecule has 0 saturated heterocycles. The molecule has 4 heteroatoms.